The summed E-state index contributed by atoms with van der Waals surface area (Å²) in [6.45, 7) is 9.97. The predicted molar refractivity (Wildman–Crippen MR) is 142 cm³/mol. The lowest BCUT2D eigenvalue weighted by Crippen LogP contribution is -2.46. The third-order valence-corrected chi connectivity index (χ3v) is 7.47. The molecule has 5 rings (SSSR count). The minimum Gasteiger partial charge on any atom is -0.477 e. The molecule has 192 valence electrons. The molecule has 9 heteroatoms. The number of anilines is 3. The molecule has 0 amide bonds. The lowest BCUT2D eigenvalue weighted by atomic mass is 10.1. The summed E-state index contributed by atoms with van der Waals surface area (Å²) in [7, 11) is 0. The summed E-state index contributed by atoms with van der Waals surface area (Å²) >= 11 is 0. The fraction of sp³-hybridized carbons (Fsp3) is 0.556. The molecule has 9 nitrogen and oxygen atoms in total. The number of pyridine rings is 1. The Morgan fingerprint density at radius 3 is 2.56 bits per heavy atom. The Kier molecular flexibility index (Phi) is 7.36. The van der Waals surface area contributed by atoms with Gasteiger partial charge in [0.15, 0.2) is 0 Å². The van der Waals surface area contributed by atoms with Crippen molar-refractivity contribution in [2.45, 2.75) is 58.4 Å². The van der Waals surface area contributed by atoms with E-state index in [4.69, 9.17) is 4.98 Å². The summed E-state index contributed by atoms with van der Waals surface area (Å²) in [4.78, 5) is 30.5. The summed E-state index contributed by atoms with van der Waals surface area (Å²) in [5, 5.41) is 13.7. The summed E-state index contributed by atoms with van der Waals surface area (Å²) in [5.74, 6) is 0.940. The lowest BCUT2D eigenvalue weighted by molar-refractivity contribution is 0.0683. The first kappa shape index (κ1) is 24.5. The average molecular weight is 492 g/mol. The highest BCUT2D eigenvalue weighted by Gasteiger charge is 2.25. The van der Waals surface area contributed by atoms with Crippen LogP contribution < -0.4 is 10.2 Å². The van der Waals surface area contributed by atoms with Crippen LogP contribution in [0.1, 0.15) is 68.9 Å². The summed E-state index contributed by atoms with van der Waals surface area (Å²) in [6, 6.07) is 5.89. The third-order valence-electron chi connectivity index (χ3n) is 7.47. The number of carboxylic acid groups (broad SMARTS) is 1. The van der Waals surface area contributed by atoms with E-state index in [-0.39, 0.29) is 11.7 Å². The van der Waals surface area contributed by atoms with Gasteiger partial charge in [-0.25, -0.2) is 14.8 Å². The van der Waals surface area contributed by atoms with Crippen molar-refractivity contribution in [1.29, 1.82) is 0 Å². The van der Waals surface area contributed by atoms with Crippen molar-refractivity contribution in [3.05, 3.63) is 36.3 Å². The number of rotatable bonds is 9. The number of carboxylic acids is 1. The number of fused-ring (bicyclic) bond motifs is 1. The van der Waals surface area contributed by atoms with Gasteiger partial charge in [0.05, 0.1) is 11.9 Å². The maximum absolute atomic E-state index is 11.9. The van der Waals surface area contributed by atoms with E-state index in [9.17, 15) is 9.90 Å². The van der Waals surface area contributed by atoms with Crippen molar-refractivity contribution in [2.75, 3.05) is 42.9 Å². The van der Waals surface area contributed by atoms with Gasteiger partial charge in [0.25, 0.3) is 0 Å². The Hall–Kier alpha value is -3.20. The second-order valence-electron chi connectivity index (χ2n) is 10.5. The Balaban J connectivity index is 1.24. The van der Waals surface area contributed by atoms with Gasteiger partial charge in [0, 0.05) is 43.8 Å². The van der Waals surface area contributed by atoms with Crippen LogP contribution in [0.2, 0.25) is 0 Å². The van der Waals surface area contributed by atoms with Gasteiger partial charge in [-0.2, -0.15) is 4.98 Å². The number of piperazine rings is 1. The number of hydrogen-bond donors (Lipinski definition) is 2. The summed E-state index contributed by atoms with van der Waals surface area (Å²) < 4.78 is 1.89. The van der Waals surface area contributed by atoms with Gasteiger partial charge in [0.2, 0.25) is 5.95 Å². The van der Waals surface area contributed by atoms with Crippen molar-refractivity contribution in [1.82, 2.24) is 24.4 Å². The number of nitrogens with one attached hydrogen (secondary N) is 1. The topological polar surface area (TPSA) is 99.4 Å². The highest BCUT2D eigenvalue weighted by atomic mass is 16.4. The standard InChI is InChI=1S/C27H37N7O2/c1-19(2)6-5-11-32-12-14-33(15-13-32)22-9-10-24(28-18-22)30-27-29-17-20-16-23(26(35)36)34(25(20)31-27)21-7-3-4-8-21/h9-10,16-19,21H,3-8,11-15H2,1-2H3,(H,35,36)(H,28,29,30,31). The fourth-order valence-electron chi connectivity index (χ4n) is 5.48. The highest BCUT2D eigenvalue weighted by molar-refractivity contribution is 5.93. The van der Waals surface area contributed by atoms with Gasteiger partial charge in [-0.05, 0) is 56.3 Å². The molecule has 3 aromatic rings. The SMILES string of the molecule is CC(C)CCCN1CCN(c2ccc(Nc3ncc4cc(C(=O)O)n(C5CCCC5)c4n3)nc2)CC1. The van der Waals surface area contributed by atoms with Crippen LogP contribution in [0.4, 0.5) is 17.5 Å². The molecule has 1 aliphatic heterocycles. The number of hydrogen-bond acceptors (Lipinski definition) is 7. The maximum atomic E-state index is 11.9. The molecule has 1 aliphatic carbocycles. The number of nitrogens with zero attached hydrogens (tertiary/aromatic N) is 6. The molecule has 0 radical (unpaired) electrons. The monoisotopic (exact) mass is 491 g/mol. The minimum absolute atomic E-state index is 0.171. The van der Waals surface area contributed by atoms with Crippen LogP contribution in [0.3, 0.4) is 0 Å². The average Bonchev–Trinajstić information content (AvgIpc) is 3.52. The van der Waals surface area contributed by atoms with Crippen LogP contribution >= 0.6 is 0 Å². The summed E-state index contributed by atoms with van der Waals surface area (Å²) in [5.41, 5.74) is 2.07. The van der Waals surface area contributed by atoms with Crippen molar-refractivity contribution in [3.63, 3.8) is 0 Å². The van der Waals surface area contributed by atoms with Crippen LogP contribution in [0.15, 0.2) is 30.6 Å². The van der Waals surface area contributed by atoms with E-state index in [2.05, 4.69) is 45.0 Å². The molecular formula is C27H37N7O2. The number of aromatic carboxylic acids is 1. The smallest absolute Gasteiger partial charge is 0.352 e. The second kappa shape index (κ2) is 10.8. The molecule has 2 fully saturated rings. The largest absolute Gasteiger partial charge is 0.477 e. The Morgan fingerprint density at radius 2 is 1.89 bits per heavy atom. The van der Waals surface area contributed by atoms with Crippen LogP contribution in [0.5, 0.6) is 0 Å². The first-order chi connectivity index (χ1) is 17.5. The second-order valence-corrected chi connectivity index (χ2v) is 10.5. The van der Waals surface area contributed by atoms with Gasteiger partial charge in [0.1, 0.15) is 17.2 Å². The van der Waals surface area contributed by atoms with E-state index < -0.39 is 5.97 Å². The van der Waals surface area contributed by atoms with Crippen molar-refractivity contribution >= 4 is 34.5 Å². The Morgan fingerprint density at radius 1 is 1.11 bits per heavy atom. The molecule has 1 saturated carbocycles. The number of aromatic nitrogens is 4. The first-order valence-corrected chi connectivity index (χ1v) is 13.3. The molecule has 0 unspecified atom stereocenters. The van der Waals surface area contributed by atoms with Crippen LogP contribution in [0.25, 0.3) is 11.0 Å². The van der Waals surface area contributed by atoms with Gasteiger partial charge in [-0.3, -0.25) is 4.90 Å². The molecule has 3 aromatic heterocycles. The molecule has 0 aromatic carbocycles. The van der Waals surface area contributed by atoms with Crippen molar-refractivity contribution < 1.29 is 9.90 Å². The zero-order chi connectivity index (χ0) is 25.1. The first-order valence-electron chi connectivity index (χ1n) is 13.3. The molecule has 4 heterocycles. The zero-order valence-corrected chi connectivity index (χ0v) is 21.4. The zero-order valence-electron chi connectivity index (χ0n) is 21.4. The van der Waals surface area contributed by atoms with Gasteiger partial charge >= 0.3 is 5.97 Å². The van der Waals surface area contributed by atoms with Crippen molar-refractivity contribution in [3.8, 4) is 0 Å². The third kappa shape index (κ3) is 5.46. The van der Waals surface area contributed by atoms with Gasteiger partial charge < -0.3 is 19.9 Å². The van der Waals surface area contributed by atoms with Crippen LogP contribution in [-0.4, -0.2) is 68.2 Å². The molecule has 36 heavy (non-hydrogen) atoms. The molecule has 0 spiro atoms. The van der Waals surface area contributed by atoms with E-state index in [1.165, 1.54) is 19.4 Å². The van der Waals surface area contributed by atoms with E-state index in [1.54, 1.807) is 12.3 Å². The molecule has 2 aliphatic rings. The van der Waals surface area contributed by atoms with E-state index >= 15 is 0 Å². The van der Waals surface area contributed by atoms with Crippen LogP contribution in [0, 0.1) is 5.92 Å². The van der Waals surface area contributed by atoms with E-state index in [1.807, 2.05) is 16.8 Å². The number of carbonyl (C=O) groups is 1. The fourth-order valence-corrected chi connectivity index (χ4v) is 5.48. The molecule has 0 bridgehead atoms. The predicted octanol–water partition coefficient (Wildman–Crippen LogP) is 4.94. The van der Waals surface area contributed by atoms with Gasteiger partial charge in [-0.1, -0.05) is 26.7 Å². The highest BCUT2D eigenvalue weighted by Crippen LogP contribution is 2.34. The lowest BCUT2D eigenvalue weighted by Gasteiger charge is -2.36. The molecular weight excluding hydrogens is 454 g/mol. The van der Waals surface area contributed by atoms with Crippen molar-refractivity contribution in [2.24, 2.45) is 5.92 Å². The normalized spacial score (nSPS) is 17.4. The molecule has 1 saturated heterocycles. The van der Waals surface area contributed by atoms with E-state index in [0.29, 0.717) is 17.4 Å². The molecule has 2 N–H and O–H groups in total. The van der Waals surface area contributed by atoms with E-state index in [0.717, 1.165) is 68.9 Å². The quantitative estimate of drug-likeness (QED) is 0.434. The maximum Gasteiger partial charge on any atom is 0.352 e. The molecule has 0 atom stereocenters. The summed E-state index contributed by atoms with van der Waals surface area (Å²) in [6.07, 6.45) is 10.3. The van der Waals surface area contributed by atoms with Crippen LogP contribution in [-0.2, 0) is 0 Å². The Labute approximate surface area is 212 Å². The van der Waals surface area contributed by atoms with Gasteiger partial charge in [-0.15, -0.1) is 0 Å². The minimum atomic E-state index is -0.928. The Bertz CT molecular complexity index is 1180.